The van der Waals surface area contributed by atoms with Crippen molar-refractivity contribution < 1.29 is 4.74 Å². The third-order valence-electron chi connectivity index (χ3n) is 2.86. The van der Waals surface area contributed by atoms with Gasteiger partial charge in [0.2, 0.25) is 0 Å². The molecule has 2 atom stereocenters. The minimum atomic E-state index is 0.477. The first-order chi connectivity index (χ1) is 6.45. The van der Waals surface area contributed by atoms with Crippen molar-refractivity contribution in [3.05, 3.63) is 12.2 Å². The second-order valence-corrected chi connectivity index (χ2v) is 4.01. The number of ether oxygens (including phenoxy) is 1. The molecule has 1 aliphatic heterocycles. The number of nitrogens with one attached hydrogen (secondary N) is 1. The number of hydrogen-bond acceptors (Lipinski definition) is 2. The van der Waals surface area contributed by atoms with Gasteiger partial charge in [0.1, 0.15) is 0 Å². The third-order valence-corrected chi connectivity index (χ3v) is 2.86. The molecule has 74 valence electrons. The molecule has 1 heterocycles. The summed E-state index contributed by atoms with van der Waals surface area (Å²) in [6.45, 7) is 2.23. The van der Waals surface area contributed by atoms with Gasteiger partial charge in [-0.05, 0) is 38.6 Å². The van der Waals surface area contributed by atoms with Gasteiger partial charge in [-0.25, -0.2) is 0 Å². The Morgan fingerprint density at radius 3 is 2.85 bits per heavy atom. The van der Waals surface area contributed by atoms with Gasteiger partial charge in [0.25, 0.3) is 0 Å². The third kappa shape index (κ3) is 2.82. The number of piperidine rings is 1. The van der Waals surface area contributed by atoms with Crippen LogP contribution in [0.1, 0.15) is 32.1 Å². The molecule has 13 heavy (non-hydrogen) atoms. The zero-order valence-electron chi connectivity index (χ0n) is 8.17. The van der Waals surface area contributed by atoms with Crippen molar-refractivity contribution in [3.63, 3.8) is 0 Å². The quantitative estimate of drug-likeness (QED) is 0.657. The van der Waals surface area contributed by atoms with Crippen LogP contribution < -0.4 is 5.32 Å². The van der Waals surface area contributed by atoms with E-state index in [4.69, 9.17) is 4.74 Å². The first kappa shape index (κ1) is 9.22. The van der Waals surface area contributed by atoms with Gasteiger partial charge in [-0.15, -0.1) is 0 Å². The summed E-state index contributed by atoms with van der Waals surface area (Å²) < 4.78 is 6.02. The Bertz CT molecular complexity index is 173. The number of allylic oxidation sites excluding steroid dienone is 1. The van der Waals surface area contributed by atoms with Crippen LogP contribution in [0.5, 0.6) is 0 Å². The predicted octanol–water partition coefficient (Wildman–Crippen LogP) is 1.86. The van der Waals surface area contributed by atoms with E-state index in [9.17, 15) is 0 Å². The average Bonchev–Trinajstić information content (AvgIpc) is 2.21. The smallest absolute Gasteiger partial charge is 0.0703 e. The van der Waals surface area contributed by atoms with Crippen LogP contribution in [-0.2, 0) is 4.74 Å². The Hall–Kier alpha value is -0.340. The van der Waals surface area contributed by atoms with Gasteiger partial charge < -0.3 is 10.1 Å². The van der Waals surface area contributed by atoms with Crippen molar-refractivity contribution >= 4 is 0 Å². The molecule has 0 aromatic heterocycles. The Balaban J connectivity index is 1.72. The summed E-state index contributed by atoms with van der Waals surface area (Å²) in [6, 6.07) is 0. The highest BCUT2D eigenvalue weighted by molar-refractivity contribution is 4.91. The van der Waals surface area contributed by atoms with Crippen LogP contribution in [0.15, 0.2) is 12.2 Å². The Kier molecular flexibility index (Phi) is 3.39. The summed E-state index contributed by atoms with van der Waals surface area (Å²) in [4.78, 5) is 0. The molecule has 1 fully saturated rings. The lowest BCUT2D eigenvalue weighted by molar-refractivity contribution is -0.0261. The summed E-state index contributed by atoms with van der Waals surface area (Å²) in [5.41, 5.74) is 0. The number of hydrogen-bond donors (Lipinski definition) is 1. The first-order valence-corrected chi connectivity index (χ1v) is 5.46. The number of rotatable bonds is 2. The van der Waals surface area contributed by atoms with Gasteiger partial charge in [-0.1, -0.05) is 12.2 Å². The lowest BCUT2D eigenvalue weighted by atomic mass is 10.0. The fourth-order valence-electron chi connectivity index (χ4n) is 2.10. The lowest BCUT2D eigenvalue weighted by Crippen LogP contribution is -2.37. The molecule has 2 unspecified atom stereocenters. The maximum Gasteiger partial charge on any atom is 0.0703 e. The monoisotopic (exact) mass is 181 g/mol. The average molecular weight is 181 g/mol. The Morgan fingerprint density at radius 2 is 2.15 bits per heavy atom. The van der Waals surface area contributed by atoms with Gasteiger partial charge in [0.05, 0.1) is 12.2 Å². The van der Waals surface area contributed by atoms with E-state index >= 15 is 0 Å². The summed E-state index contributed by atoms with van der Waals surface area (Å²) in [5.74, 6) is 0. The van der Waals surface area contributed by atoms with Crippen molar-refractivity contribution in [1.29, 1.82) is 0 Å². The van der Waals surface area contributed by atoms with E-state index in [2.05, 4.69) is 17.5 Å². The fraction of sp³-hybridized carbons (Fsp3) is 0.818. The van der Waals surface area contributed by atoms with E-state index in [0.717, 1.165) is 13.0 Å². The van der Waals surface area contributed by atoms with Crippen LogP contribution in [0.4, 0.5) is 0 Å². The second-order valence-electron chi connectivity index (χ2n) is 4.01. The fourth-order valence-corrected chi connectivity index (χ4v) is 2.10. The Morgan fingerprint density at radius 1 is 1.15 bits per heavy atom. The molecule has 0 saturated carbocycles. The normalized spacial score (nSPS) is 34.8. The van der Waals surface area contributed by atoms with Gasteiger partial charge in [0.15, 0.2) is 0 Å². The zero-order chi connectivity index (χ0) is 8.93. The van der Waals surface area contributed by atoms with Gasteiger partial charge >= 0.3 is 0 Å². The maximum atomic E-state index is 6.02. The molecular weight excluding hydrogens is 162 g/mol. The molecule has 2 nitrogen and oxygen atoms in total. The minimum absolute atomic E-state index is 0.477. The highest BCUT2D eigenvalue weighted by Gasteiger charge is 2.18. The predicted molar refractivity (Wildman–Crippen MR) is 53.8 cm³/mol. The molecule has 0 radical (unpaired) electrons. The van der Waals surface area contributed by atoms with Gasteiger partial charge in [0, 0.05) is 6.54 Å². The molecule has 0 aromatic carbocycles. The molecule has 0 amide bonds. The maximum absolute atomic E-state index is 6.02. The van der Waals surface area contributed by atoms with Crippen LogP contribution in [0.25, 0.3) is 0 Å². The van der Waals surface area contributed by atoms with E-state index in [1.807, 2.05) is 0 Å². The van der Waals surface area contributed by atoms with Crippen molar-refractivity contribution in [3.8, 4) is 0 Å². The minimum Gasteiger partial charge on any atom is -0.373 e. The van der Waals surface area contributed by atoms with Gasteiger partial charge in [-0.2, -0.15) is 0 Å². The molecular formula is C11H19NO. The van der Waals surface area contributed by atoms with Crippen molar-refractivity contribution in [2.75, 3.05) is 13.1 Å². The van der Waals surface area contributed by atoms with Crippen molar-refractivity contribution in [1.82, 2.24) is 5.32 Å². The van der Waals surface area contributed by atoms with E-state index < -0.39 is 0 Å². The van der Waals surface area contributed by atoms with E-state index in [-0.39, 0.29) is 0 Å². The second kappa shape index (κ2) is 4.77. The van der Waals surface area contributed by atoms with E-state index in [0.29, 0.717) is 12.2 Å². The first-order valence-electron chi connectivity index (χ1n) is 5.46. The SMILES string of the molecule is C1=CCC(OC2CCCNC2)CC1. The van der Waals surface area contributed by atoms with Crippen molar-refractivity contribution in [2.45, 2.75) is 44.3 Å². The molecule has 1 aliphatic carbocycles. The molecule has 2 rings (SSSR count). The lowest BCUT2D eigenvalue weighted by Gasteiger charge is -2.28. The molecule has 1 saturated heterocycles. The summed E-state index contributed by atoms with van der Waals surface area (Å²) in [5, 5.41) is 3.38. The highest BCUT2D eigenvalue weighted by atomic mass is 16.5. The van der Waals surface area contributed by atoms with Crippen LogP contribution in [-0.4, -0.2) is 25.3 Å². The largest absolute Gasteiger partial charge is 0.373 e. The Labute approximate surface area is 80.4 Å². The molecule has 2 aliphatic rings. The molecule has 1 N–H and O–H groups in total. The van der Waals surface area contributed by atoms with E-state index in [1.165, 1.54) is 32.2 Å². The van der Waals surface area contributed by atoms with Gasteiger partial charge in [-0.3, -0.25) is 0 Å². The van der Waals surface area contributed by atoms with Crippen molar-refractivity contribution in [2.24, 2.45) is 0 Å². The zero-order valence-corrected chi connectivity index (χ0v) is 8.17. The molecule has 0 spiro atoms. The molecule has 0 aromatic rings. The van der Waals surface area contributed by atoms with E-state index in [1.54, 1.807) is 0 Å². The molecule has 0 bridgehead atoms. The molecule has 2 heteroatoms. The standard InChI is InChI=1S/C11H19NO/c1-2-5-10(6-3-1)13-11-7-4-8-12-9-11/h1-2,10-12H,3-9H2. The highest BCUT2D eigenvalue weighted by Crippen LogP contribution is 2.18. The topological polar surface area (TPSA) is 21.3 Å². The summed E-state index contributed by atoms with van der Waals surface area (Å²) >= 11 is 0. The summed E-state index contributed by atoms with van der Waals surface area (Å²) in [7, 11) is 0. The van der Waals surface area contributed by atoms with Crippen LogP contribution in [0.2, 0.25) is 0 Å². The van der Waals surface area contributed by atoms with Crippen LogP contribution in [0, 0.1) is 0 Å². The van der Waals surface area contributed by atoms with Crippen LogP contribution in [0.3, 0.4) is 0 Å². The summed E-state index contributed by atoms with van der Waals surface area (Å²) in [6.07, 6.45) is 11.5. The van der Waals surface area contributed by atoms with Crippen LogP contribution >= 0.6 is 0 Å².